The van der Waals surface area contributed by atoms with E-state index in [4.69, 9.17) is 0 Å². The summed E-state index contributed by atoms with van der Waals surface area (Å²) in [7, 11) is 0. The molecule has 2 rings (SSSR count). The van der Waals surface area contributed by atoms with Gasteiger partial charge in [0.15, 0.2) is 0 Å². The van der Waals surface area contributed by atoms with E-state index in [0.29, 0.717) is 17.7 Å². The van der Waals surface area contributed by atoms with Crippen molar-refractivity contribution in [3.05, 3.63) is 59.2 Å². The van der Waals surface area contributed by atoms with Crippen LogP contribution in [0.4, 0.5) is 0 Å². The Balaban J connectivity index is 0.00000684. The molecular weight excluding hydrogens is 475 g/mol. The molecule has 0 aliphatic carbocycles. The van der Waals surface area contributed by atoms with Crippen LogP contribution >= 0.6 is 11.8 Å². The van der Waals surface area contributed by atoms with Gasteiger partial charge in [-0.15, -0.1) is 0 Å². The Labute approximate surface area is 240 Å². The summed E-state index contributed by atoms with van der Waals surface area (Å²) >= 11 is 1.57. The number of hydrogen-bond donors (Lipinski definition) is 2. The number of thioether (sulfide) groups is 1. The van der Waals surface area contributed by atoms with Gasteiger partial charge in [-0.25, -0.2) is 4.79 Å². The quantitative estimate of drug-likeness (QED) is 0.329. The first-order valence-electron chi connectivity index (χ1n) is 13.3. The van der Waals surface area contributed by atoms with Crippen LogP contribution in [-0.2, 0) is 4.79 Å². The van der Waals surface area contributed by atoms with E-state index in [1.165, 1.54) is 5.56 Å². The van der Waals surface area contributed by atoms with E-state index in [9.17, 15) is 14.7 Å². The third kappa shape index (κ3) is 9.83. The monoisotopic (exact) mass is 519 g/mol. The Bertz CT molecular complexity index is 977. The predicted octanol–water partition coefficient (Wildman–Crippen LogP) is 3.96. The maximum absolute atomic E-state index is 13.4. The number of nitrogens with zero attached hydrogens (tertiary/aromatic N) is 1. The van der Waals surface area contributed by atoms with Gasteiger partial charge in [0.2, 0.25) is 0 Å². The van der Waals surface area contributed by atoms with Crippen LogP contribution < -0.4 is 24.2 Å². The van der Waals surface area contributed by atoms with E-state index in [2.05, 4.69) is 43.1 Å². The van der Waals surface area contributed by atoms with Crippen LogP contribution in [-0.4, -0.2) is 53.0 Å². The first kappa shape index (κ1) is 33.3. The van der Waals surface area contributed by atoms with Gasteiger partial charge in [-0.1, -0.05) is 63.9 Å². The van der Waals surface area contributed by atoms with Crippen LogP contribution in [0.5, 0.6) is 0 Å². The topological polar surface area (TPSA) is 69.6 Å². The Hall–Kier alpha value is -1.71. The van der Waals surface area contributed by atoms with Gasteiger partial charge in [-0.2, -0.15) is 11.8 Å². The van der Waals surface area contributed by atoms with Crippen molar-refractivity contribution in [2.45, 2.75) is 78.3 Å². The zero-order valence-electron chi connectivity index (χ0n) is 23.7. The summed E-state index contributed by atoms with van der Waals surface area (Å²) in [6.07, 6.45) is 7.96. The van der Waals surface area contributed by atoms with Crippen molar-refractivity contribution in [3.63, 3.8) is 0 Å². The summed E-state index contributed by atoms with van der Waals surface area (Å²) in [6, 6.07) is 13.6. The molecule has 0 aliphatic rings. The number of carbonyl (C=O) groups excluding carboxylic acids is 1. The van der Waals surface area contributed by atoms with Crippen LogP contribution in [0.15, 0.2) is 42.5 Å². The number of carboxylic acid groups (broad SMARTS) is 1. The molecule has 0 saturated heterocycles. The average molecular weight is 520 g/mol. The molecule has 0 saturated carbocycles. The number of benzene rings is 2. The van der Waals surface area contributed by atoms with Crippen molar-refractivity contribution >= 4 is 23.6 Å². The van der Waals surface area contributed by atoms with Gasteiger partial charge in [-0.05, 0) is 92.1 Å². The molecule has 5 nitrogen and oxygen atoms in total. The van der Waals surface area contributed by atoms with E-state index in [1.54, 1.807) is 11.8 Å². The number of hydrogen-bond acceptors (Lipinski definition) is 4. The fraction of sp³-hybridized carbons (Fsp3) is 0.533. The molecule has 0 aromatic heterocycles. The molecule has 198 valence electrons. The first-order valence-corrected chi connectivity index (χ1v) is 14.7. The zero-order valence-corrected chi connectivity index (χ0v) is 24.5. The normalized spacial score (nSPS) is 12.6. The molecule has 1 amide bonds. The van der Waals surface area contributed by atoms with Gasteiger partial charge >= 0.3 is 24.8 Å². The molecule has 0 heterocycles. The fourth-order valence-corrected chi connectivity index (χ4v) is 5.12. The number of rotatable bonds is 16. The minimum atomic E-state index is -1.00. The minimum Gasteiger partial charge on any atom is -0.480 e. The summed E-state index contributed by atoms with van der Waals surface area (Å²) in [4.78, 5) is 27.8. The molecule has 0 spiro atoms. The van der Waals surface area contributed by atoms with E-state index >= 15 is 0 Å². The second-order valence-corrected chi connectivity index (χ2v) is 10.4. The Morgan fingerprint density at radius 2 is 1.65 bits per heavy atom. The van der Waals surface area contributed by atoms with E-state index in [1.807, 2.05) is 43.5 Å². The van der Waals surface area contributed by atoms with Crippen LogP contribution in [0.2, 0.25) is 0 Å². The largest absolute Gasteiger partial charge is 1.00 e. The number of aliphatic carboxylic acids is 1. The van der Waals surface area contributed by atoms with Gasteiger partial charge in [0.25, 0.3) is 5.91 Å². The van der Waals surface area contributed by atoms with E-state index in [0.717, 1.165) is 61.9 Å². The number of carboxylic acids is 1. The smallest absolute Gasteiger partial charge is 0.480 e. The summed E-state index contributed by atoms with van der Waals surface area (Å²) in [5, 5.41) is 12.4. The molecule has 2 aromatic carbocycles. The molecule has 2 atom stereocenters. The molecule has 2 N–H and O–H groups in total. The van der Waals surface area contributed by atoms with Crippen molar-refractivity contribution in [2.75, 3.05) is 25.1 Å². The van der Waals surface area contributed by atoms with E-state index < -0.39 is 12.0 Å². The molecule has 0 aliphatic heterocycles. The predicted molar refractivity (Wildman–Crippen MR) is 153 cm³/mol. The minimum absolute atomic E-state index is 0. The number of aryl methyl sites for hydroxylation is 1. The molecule has 0 bridgehead atoms. The van der Waals surface area contributed by atoms with Crippen LogP contribution in [0.1, 0.15) is 86.8 Å². The summed E-state index contributed by atoms with van der Waals surface area (Å²) in [6.45, 7) is 10.9. The van der Waals surface area contributed by atoms with Crippen molar-refractivity contribution in [3.8, 4) is 11.1 Å². The molecular formula is C30H44LiN2O3S+. The second kappa shape index (κ2) is 17.7. The molecule has 7 heteroatoms. The van der Waals surface area contributed by atoms with Crippen LogP contribution in [0.3, 0.4) is 0 Å². The van der Waals surface area contributed by atoms with Crippen molar-refractivity contribution in [2.24, 2.45) is 0 Å². The van der Waals surface area contributed by atoms with Crippen LogP contribution in [0.25, 0.3) is 11.1 Å². The standard InChI is InChI=1S/C30H44N2O3S.Li/c1-6-9-18-32(19-10-7-2)28(8-3)23-15-16-25(26(21-23)24-14-12-11-13-22(24)4)29(33)31-27(30(34)35)17-20-36-5;/h11-16,21,27-28H,6-10,17-20H2,1-5H3,(H,31,33)(H,34,35);/q;+1. The Morgan fingerprint density at radius 1 is 1.00 bits per heavy atom. The second-order valence-electron chi connectivity index (χ2n) is 9.43. The summed E-state index contributed by atoms with van der Waals surface area (Å²) in [5.41, 5.74) is 4.68. The van der Waals surface area contributed by atoms with Gasteiger partial charge in [0, 0.05) is 11.6 Å². The van der Waals surface area contributed by atoms with Crippen molar-refractivity contribution in [1.82, 2.24) is 10.2 Å². The molecule has 2 unspecified atom stereocenters. The first-order chi connectivity index (χ1) is 17.4. The average Bonchev–Trinajstić information content (AvgIpc) is 2.88. The summed E-state index contributed by atoms with van der Waals surface area (Å²) < 4.78 is 0. The number of unbranched alkanes of at least 4 members (excludes halogenated alkanes) is 2. The van der Waals surface area contributed by atoms with Gasteiger partial charge in [0.1, 0.15) is 6.04 Å². The third-order valence-corrected chi connectivity index (χ3v) is 7.39. The third-order valence-electron chi connectivity index (χ3n) is 6.75. The number of amides is 1. The van der Waals surface area contributed by atoms with Gasteiger partial charge in [0.05, 0.1) is 0 Å². The number of carbonyl (C=O) groups is 2. The molecule has 2 aromatic rings. The fourth-order valence-electron chi connectivity index (χ4n) is 4.64. The van der Waals surface area contributed by atoms with Crippen LogP contribution in [0, 0.1) is 6.92 Å². The van der Waals surface area contributed by atoms with Crippen molar-refractivity contribution < 1.29 is 33.6 Å². The molecule has 37 heavy (non-hydrogen) atoms. The maximum Gasteiger partial charge on any atom is 1.00 e. The Morgan fingerprint density at radius 3 is 2.19 bits per heavy atom. The molecule has 0 radical (unpaired) electrons. The van der Waals surface area contributed by atoms with E-state index in [-0.39, 0.29) is 30.8 Å². The van der Waals surface area contributed by atoms with Crippen molar-refractivity contribution in [1.29, 1.82) is 0 Å². The number of nitrogens with one attached hydrogen (secondary N) is 1. The maximum atomic E-state index is 13.4. The van der Waals surface area contributed by atoms with Gasteiger partial charge < -0.3 is 10.4 Å². The van der Waals surface area contributed by atoms with Gasteiger partial charge in [-0.3, -0.25) is 9.69 Å². The zero-order chi connectivity index (χ0) is 26.5. The molecule has 0 fully saturated rings. The Kier molecular flexibility index (Phi) is 16.0. The SMILES string of the molecule is CCCCN(CCCC)C(CC)c1ccc(C(=O)NC(CCSC)C(=O)O)c(-c2ccccc2C)c1.[Li+]. The summed E-state index contributed by atoms with van der Waals surface area (Å²) in [5.74, 6) is -0.667.